The second-order valence-electron chi connectivity index (χ2n) is 10.6. The van der Waals surface area contributed by atoms with Crippen LogP contribution >= 0.6 is 11.3 Å². The lowest BCUT2D eigenvalue weighted by molar-refractivity contribution is 0.0735. The molecule has 4 heterocycles. The number of hydrogen-bond acceptors (Lipinski definition) is 8. The van der Waals surface area contributed by atoms with E-state index in [2.05, 4.69) is 20.2 Å². The maximum atomic E-state index is 14.0. The lowest BCUT2D eigenvalue weighted by atomic mass is 9.94. The van der Waals surface area contributed by atoms with E-state index in [0.717, 1.165) is 40.5 Å². The van der Waals surface area contributed by atoms with Crippen LogP contribution in [0.5, 0.6) is 0 Å². The van der Waals surface area contributed by atoms with Gasteiger partial charge in [0.05, 0.1) is 11.6 Å². The number of carbonyl (C=O) groups excluding carboxylic acids is 1. The Morgan fingerprint density at radius 2 is 1.98 bits per heavy atom. The number of likely N-dealkylation sites (tertiary alicyclic amines) is 1. The van der Waals surface area contributed by atoms with Crippen molar-refractivity contribution in [1.82, 2.24) is 29.6 Å². The summed E-state index contributed by atoms with van der Waals surface area (Å²) in [4.78, 5) is 25.1. The highest BCUT2D eigenvalue weighted by molar-refractivity contribution is 7.09. The van der Waals surface area contributed by atoms with Crippen molar-refractivity contribution in [1.29, 1.82) is 0 Å². The molecule has 0 radical (unpaired) electrons. The molecule has 1 aliphatic heterocycles. The van der Waals surface area contributed by atoms with Crippen LogP contribution in [0.25, 0.3) is 22.8 Å². The molecular weight excluding hydrogens is 522 g/mol. The zero-order chi connectivity index (χ0) is 27.9. The highest BCUT2D eigenvalue weighted by atomic mass is 32.1. The summed E-state index contributed by atoms with van der Waals surface area (Å²) in [6.07, 6.45) is 5.98. The maximum Gasteiger partial charge on any atom is 0.254 e. The Kier molecular flexibility index (Phi) is 6.81. The van der Waals surface area contributed by atoms with Gasteiger partial charge in [-0.05, 0) is 56.9 Å². The van der Waals surface area contributed by atoms with E-state index in [0.29, 0.717) is 35.9 Å². The first-order chi connectivity index (χ1) is 19.3. The van der Waals surface area contributed by atoms with Crippen LogP contribution in [-0.4, -0.2) is 42.1 Å². The topological polar surface area (TPSA) is 116 Å². The summed E-state index contributed by atoms with van der Waals surface area (Å²) in [5.74, 6) is 1.32. The molecule has 40 heavy (non-hydrogen) atoms. The van der Waals surface area contributed by atoms with Gasteiger partial charge in [0.15, 0.2) is 0 Å². The molecule has 1 saturated heterocycles. The van der Waals surface area contributed by atoms with Crippen molar-refractivity contribution in [3.8, 4) is 22.8 Å². The Morgan fingerprint density at radius 1 is 1.18 bits per heavy atom. The van der Waals surface area contributed by atoms with E-state index in [1.807, 2.05) is 90.5 Å². The average molecular weight is 554 g/mol. The molecule has 0 aliphatic carbocycles. The standard InChI is InChI=1S/C30H31N7O2S/c1-19-18-40-27(33-19)24-10-7-12-37(24)28(38)23-15-21(25-32-11-13-36(25)3)14-22(16-23)26-34-35-29(39-26)30(2,31)17-20-8-5-4-6-9-20/h4-6,8-9,11,13-16,18,24H,7,10,12,17,31H2,1-3H3. The van der Waals surface area contributed by atoms with Crippen LogP contribution in [0.1, 0.15) is 58.3 Å². The van der Waals surface area contributed by atoms with Crippen LogP contribution in [0.2, 0.25) is 0 Å². The summed E-state index contributed by atoms with van der Waals surface area (Å²) < 4.78 is 8.07. The third-order valence-corrected chi connectivity index (χ3v) is 8.33. The van der Waals surface area contributed by atoms with E-state index in [1.165, 1.54) is 0 Å². The quantitative estimate of drug-likeness (QED) is 0.291. The predicted octanol–water partition coefficient (Wildman–Crippen LogP) is 5.30. The molecule has 1 aliphatic rings. The third kappa shape index (κ3) is 5.07. The first kappa shape index (κ1) is 26.1. The molecule has 1 amide bonds. The monoisotopic (exact) mass is 553 g/mol. The van der Waals surface area contributed by atoms with Crippen LogP contribution in [0.3, 0.4) is 0 Å². The zero-order valence-corrected chi connectivity index (χ0v) is 23.6. The molecule has 2 atom stereocenters. The van der Waals surface area contributed by atoms with Crippen molar-refractivity contribution >= 4 is 17.2 Å². The minimum Gasteiger partial charge on any atom is -0.419 e. The number of aryl methyl sites for hydroxylation is 2. The molecule has 1 fully saturated rings. The lowest BCUT2D eigenvalue weighted by Gasteiger charge is -2.23. The summed E-state index contributed by atoms with van der Waals surface area (Å²) in [6.45, 7) is 4.54. The fourth-order valence-corrected chi connectivity index (χ4v) is 6.21. The van der Waals surface area contributed by atoms with Gasteiger partial charge in [-0.1, -0.05) is 30.3 Å². The van der Waals surface area contributed by atoms with E-state index in [4.69, 9.17) is 10.2 Å². The van der Waals surface area contributed by atoms with Gasteiger partial charge in [-0.2, -0.15) is 0 Å². The van der Waals surface area contributed by atoms with Crippen LogP contribution in [0.15, 0.2) is 70.7 Å². The summed E-state index contributed by atoms with van der Waals surface area (Å²) in [7, 11) is 1.92. The SMILES string of the molecule is Cc1csc(C2CCCN2C(=O)c2cc(-c3nnc(C(C)(N)Cc4ccccc4)o3)cc(-c3nccn3C)c2)n1. The smallest absolute Gasteiger partial charge is 0.254 e. The Bertz CT molecular complexity index is 1650. The predicted molar refractivity (Wildman–Crippen MR) is 153 cm³/mol. The van der Waals surface area contributed by atoms with E-state index in [9.17, 15) is 4.79 Å². The lowest BCUT2D eigenvalue weighted by Crippen LogP contribution is -2.35. The number of amides is 1. The van der Waals surface area contributed by atoms with E-state index in [-0.39, 0.29) is 11.9 Å². The van der Waals surface area contributed by atoms with Gasteiger partial charge in [-0.15, -0.1) is 21.5 Å². The summed E-state index contributed by atoms with van der Waals surface area (Å²) in [5.41, 5.74) is 9.80. The molecule has 5 aromatic rings. The van der Waals surface area contributed by atoms with Gasteiger partial charge in [0.2, 0.25) is 11.8 Å². The molecule has 0 bridgehead atoms. The number of thiazole rings is 1. The first-order valence-electron chi connectivity index (χ1n) is 13.3. The van der Waals surface area contributed by atoms with Gasteiger partial charge in [-0.3, -0.25) is 4.79 Å². The number of hydrogen-bond donors (Lipinski definition) is 1. The fraction of sp³-hybridized carbons (Fsp3) is 0.300. The second kappa shape index (κ2) is 10.4. The van der Waals surface area contributed by atoms with E-state index >= 15 is 0 Å². The van der Waals surface area contributed by atoms with Crippen molar-refractivity contribution < 1.29 is 9.21 Å². The second-order valence-corrected chi connectivity index (χ2v) is 11.5. The number of nitrogens with two attached hydrogens (primary N) is 1. The third-order valence-electron chi connectivity index (χ3n) is 7.27. The van der Waals surface area contributed by atoms with Crippen LogP contribution in [0.4, 0.5) is 0 Å². The molecule has 3 aromatic heterocycles. The number of nitrogens with zero attached hydrogens (tertiary/aromatic N) is 6. The van der Waals surface area contributed by atoms with Crippen molar-refractivity contribution in [3.05, 3.63) is 94.0 Å². The van der Waals surface area contributed by atoms with Gasteiger partial charge in [0.1, 0.15) is 10.8 Å². The normalized spacial score (nSPS) is 16.8. The average Bonchev–Trinajstić information content (AvgIpc) is 3.75. The minimum absolute atomic E-state index is 0.0302. The van der Waals surface area contributed by atoms with Gasteiger partial charge in [0.25, 0.3) is 5.91 Å². The number of imidazole rings is 1. The van der Waals surface area contributed by atoms with Crippen LogP contribution in [-0.2, 0) is 19.0 Å². The molecule has 6 rings (SSSR count). The highest BCUT2D eigenvalue weighted by Crippen LogP contribution is 2.36. The van der Waals surface area contributed by atoms with Gasteiger partial charge < -0.3 is 19.6 Å². The molecule has 204 valence electrons. The van der Waals surface area contributed by atoms with Crippen LogP contribution in [0, 0.1) is 6.92 Å². The van der Waals surface area contributed by atoms with Gasteiger partial charge in [-0.25, -0.2) is 9.97 Å². The van der Waals surface area contributed by atoms with E-state index < -0.39 is 5.54 Å². The fourth-order valence-electron chi connectivity index (χ4n) is 5.27. The molecule has 10 heteroatoms. The molecule has 2 N–H and O–H groups in total. The van der Waals surface area contributed by atoms with Crippen molar-refractivity contribution in [2.24, 2.45) is 12.8 Å². The van der Waals surface area contributed by atoms with Crippen molar-refractivity contribution in [2.75, 3.05) is 6.54 Å². The van der Waals surface area contributed by atoms with Crippen molar-refractivity contribution in [2.45, 2.75) is 44.7 Å². The van der Waals surface area contributed by atoms with Gasteiger partial charge >= 0.3 is 0 Å². The first-order valence-corrected chi connectivity index (χ1v) is 14.2. The molecule has 0 spiro atoms. The Hall–Kier alpha value is -4.15. The molecule has 2 aromatic carbocycles. The van der Waals surface area contributed by atoms with E-state index in [1.54, 1.807) is 17.5 Å². The number of aromatic nitrogens is 5. The molecule has 9 nitrogen and oxygen atoms in total. The largest absolute Gasteiger partial charge is 0.419 e. The highest BCUT2D eigenvalue weighted by Gasteiger charge is 2.33. The Morgan fingerprint density at radius 3 is 2.70 bits per heavy atom. The minimum atomic E-state index is -0.864. The number of rotatable bonds is 7. The molecule has 2 unspecified atom stereocenters. The summed E-state index contributed by atoms with van der Waals surface area (Å²) in [5, 5.41) is 11.7. The molecule has 0 saturated carbocycles. The maximum absolute atomic E-state index is 14.0. The Labute approximate surface area is 236 Å². The summed E-state index contributed by atoms with van der Waals surface area (Å²) >= 11 is 1.61. The summed E-state index contributed by atoms with van der Waals surface area (Å²) in [6, 6.07) is 15.6. The number of benzene rings is 2. The number of carbonyl (C=O) groups is 1. The zero-order valence-electron chi connectivity index (χ0n) is 22.7. The van der Waals surface area contributed by atoms with Gasteiger partial charge in [0, 0.05) is 53.8 Å². The van der Waals surface area contributed by atoms with Crippen molar-refractivity contribution in [3.63, 3.8) is 0 Å². The molecular formula is C30H31N7O2S. The van der Waals surface area contributed by atoms with Crippen LogP contribution < -0.4 is 5.73 Å². The Balaban J connectivity index is 1.37.